The summed E-state index contributed by atoms with van der Waals surface area (Å²) in [5.74, 6) is 1.14. The van der Waals surface area contributed by atoms with E-state index in [1.807, 2.05) is 32.0 Å². The lowest BCUT2D eigenvalue weighted by atomic mass is 10.0. The molecule has 4 heteroatoms. The molecule has 0 fully saturated rings. The average Bonchev–Trinajstić information content (AvgIpc) is 2.46. The number of hydrogen-bond acceptors (Lipinski definition) is 3. The lowest BCUT2D eigenvalue weighted by Crippen LogP contribution is -2.08. The molecule has 2 aromatic rings. The zero-order valence-corrected chi connectivity index (χ0v) is 13.8. The van der Waals surface area contributed by atoms with Crippen LogP contribution in [0.25, 0.3) is 0 Å². The van der Waals surface area contributed by atoms with Crippen molar-refractivity contribution in [3.05, 3.63) is 58.1 Å². The van der Waals surface area contributed by atoms with Gasteiger partial charge < -0.3 is 9.47 Å². The topological polar surface area (TPSA) is 35.5 Å². The third-order valence-electron chi connectivity index (χ3n) is 2.87. The number of rotatable bonds is 5. The molecule has 0 aliphatic carbocycles. The molecule has 0 saturated heterocycles. The Morgan fingerprint density at radius 1 is 1.14 bits per heavy atom. The summed E-state index contributed by atoms with van der Waals surface area (Å²) in [6.07, 6.45) is 0.0655. The van der Waals surface area contributed by atoms with Crippen molar-refractivity contribution in [1.29, 1.82) is 0 Å². The predicted molar refractivity (Wildman–Crippen MR) is 86.3 cm³/mol. The lowest BCUT2D eigenvalue weighted by molar-refractivity contribution is 0.103. The fourth-order valence-corrected chi connectivity index (χ4v) is 2.36. The number of carbonyl (C=O) groups is 1. The van der Waals surface area contributed by atoms with Gasteiger partial charge in [-0.25, -0.2) is 0 Å². The smallest absolute Gasteiger partial charge is 0.196 e. The van der Waals surface area contributed by atoms with E-state index in [0.717, 1.165) is 4.47 Å². The van der Waals surface area contributed by atoms with Gasteiger partial charge in [0.05, 0.1) is 18.8 Å². The molecule has 3 nitrogen and oxygen atoms in total. The zero-order chi connectivity index (χ0) is 15.4. The minimum Gasteiger partial charge on any atom is -0.496 e. The van der Waals surface area contributed by atoms with Crippen molar-refractivity contribution in [2.75, 3.05) is 7.11 Å². The number of ketones is 1. The van der Waals surface area contributed by atoms with E-state index in [2.05, 4.69) is 15.9 Å². The number of ether oxygens (including phenoxy) is 2. The van der Waals surface area contributed by atoms with Crippen molar-refractivity contribution in [2.24, 2.45) is 0 Å². The third kappa shape index (κ3) is 3.85. The van der Waals surface area contributed by atoms with Gasteiger partial charge in [0.2, 0.25) is 0 Å². The molecule has 21 heavy (non-hydrogen) atoms. The van der Waals surface area contributed by atoms with Gasteiger partial charge in [0.15, 0.2) is 5.78 Å². The van der Waals surface area contributed by atoms with Crippen molar-refractivity contribution < 1.29 is 14.3 Å². The van der Waals surface area contributed by atoms with E-state index >= 15 is 0 Å². The summed E-state index contributed by atoms with van der Waals surface area (Å²) in [5.41, 5.74) is 1.10. The van der Waals surface area contributed by atoms with Crippen LogP contribution in [-0.2, 0) is 0 Å². The van der Waals surface area contributed by atoms with Gasteiger partial charge in [0.1, 0.15) is 11.5 Å². The van der Waals surface area contributed by atoms with Gasteiger partial charge in [0, 0.05) is 10.0 Å². The first-order valence-corrected chi connectivity index (χ1v) is 7.45. The fraction of sp³-hybridized carbons (Fsp3) is 0.235. The Kier molecular flexibility index (Phi) is 5.02. The van der Waals surface area contributed by atoms with E-state index in [-0.39, 0.29) is 11.9 Å². The van der Waals surface area contributed by atoms with Crippen LogP contribution in [0, 0.1) is 0 Å². The summed E-state index contributed by atoms with van der Waals surface area (Å²) in [7, 11) is 1.55. The van der Waals surface area contributed by atoms with Crippen molar-refractivity contribution in [2.45, 2.75) is 20.0 Å². The van der Waals surface area contributed by atoms with Crippen molar-refractivity contribution in [3.8, 4) is 11.5 Å². The van der Waals surface area contributed by atoms with Gasteiger partial charge in [0.25, 0.3) is 0 Å². The first-order chi connectivity index (χ1) is 10.0. The maximum absolute atomic E-state index is 12.7. The van der Waals surface area contributed by atoms with Crippen LogP contribution < -0.4 is 9.47 Å². The highest BCUT2D eigenvalue weighted by Crippen LogP contribution is 2.26. The van der Waals surface area contributed by atoms with Gasteiger partial charge in [-0.3, -0.25) is 4.79 Å². The maximum Gasteiger partial charge on any atom is 0.196 e. The summed E-state index contributed by atoms with van der Waals surface area (Å²) < 4.78 is 11.7. The number of halogens is 1. The van der Waals surface area contributed by atoms with Crippen molar-refractivity contribution >= 4 is 21.7 Å². The third-order valence-corrected chi connectivity index (χ3v) is 3.37. The summed E-state index contributed by atoms with van der Waals surface area (Å²) in [6.45, 7) is 3.90. The van der Waals surface area contributed by atoms with Gasteiger partial charge in [-0.2, -0.15) is 0 Å². The normalized spacial score (nSPS) is 10.5. The molecule has 2 aromatic carbocycles. The SMILES string of the molecule is COc1ccc(Br)cc1C(=O)c1cccc(OC(C)C)c1. The molecule has 0 spiro atoms. The molecule has 2 rings (SSSR count). The Morgan fingerprint density at radius 2 is 1.90 bits per heavy atom. The highest BCUT2D eigenvalue weighted by Gasteiger charge is 2.15. The zero-order valence-electron chi connectivity index (χ0n) is 12.2. The van der Waals surface area contributed by atoms with Crippen molar-refractivity contribution in [3.63, 3.8) is 0 Å². The standard InChI is InChI=1S/C17H17BrO3/c1-11(2)21-14-6-4-5-12(9-14)17(19)15-10-13(18)7-8-16(15)20-3/h4-11H,1-3H3. The Balaban J connectivity index is 2.38. The van der Waals surface area contributed by atoms with Crippen LogP contribution in [0.5, 0.6) is 11.5 Å². The molecule has 0 aliphatic rings. The molecule has 0 radical (unpaired) electrons. The van der Waals surface area contributed by atoms with Gasteiger partial charge in [-0.1, -0.05) is 28.1 Å². The molecule has 0 aromatic heterocycles. The van der Waals surface area contributed by atoms with Gasteiger partial charge in [-0.15, -0.1) is 0 Å². The summed E-state index contributed by atoms with van der Waals surface area (Å²) in [5, 5.41) is 0. The summed E-state index contributed by atoms with van der Waals surface area (Å²) >= 11 is 3.38. The van der Waals surface area contributed by atoms with Gasteiger partial charge >= 0.3 is 0 Å². The quantitative estimate of drug-likeness (QED) is 0.747. The molecular formula is C17H17BrO3. The van der Waals surface area contributed by atoms with E-state index in [1.54, 1.807) is 31.4 Å². The van der Waals surface area contributed by atoms with E-state index in [9.17, 15) is 4.79 Å². The molecule has 0 heterocycles. The Hall–Kier alpha value is -1.81. The number of hydrogen-bond donors (Lipinski definition) is 0. The molecule has 0 atom stereocenters. The lowest BCUT2D eigenvalue weighted by Gasteiger charge is -2.12. The molecule has 0 bridgehead atoms. The second-order valence-corrected chi connectivity index (χ2v) is 5.78. The van der Waals surface area contributed by atoms with E-state index in [4.69, 9.17) is 9.47 Å². The van der Waals surface area contributed by atoms with Crippen LogP contribution >= 0.6 is 15.9 Å². The van der Waals surface area contributed by atoms with Crippen LogP contribution in [0.4, 0.5) is 0 Å². The number of carbonyl (C=O) groups excluding carboxylic acids is 1. The molecule has 0 amide bonds. The van der Waals surface area contributed by atoms with Crippen LogP contribution in [0.1, 0.15) is 29.8 Å². The first kappa shape index (κ1) is 15.6. The summed E-state index contributed by atoms with van der Waals surface area (Å²) in [4.78, 5) is 12.7. The fourth-order valence-electron chi connectivity index (χ4n) is 2.00. The second-order valence-electron chi connectivity index (χ2n) is 4.87. The average molecular weight is 349 g/mol. The monoisotopic (exact) mass is 348 g/mol. The highest BCUT2D eigenvalue weighted by atomic mass is 79.9. The van der Waals surface area contributed by atoms with Crippen LogP contribution in [-0.4, -0.2) is 19.0 Å². The molecule has 0 saturated carbocycles. The molecule has 0 unspecified atom stereocenters. The minimum absolute atomic E-state index is 0.0655. The van der Waals surface area contributed by atoms with Crippen LogP contribution in [0.15, 0.2) is 46.9 Å². The minimum atomic E-state index is -0.0950. The highest BCUT2D eigenvalue weighted by molar-refractivity contribution is 9.10. The molecule has 110 valence electrons. The van der Waals surface area contributed by atoms with E-state index < -0.39 is 0 Å². The second kappa shape index (κ2) is 6.76. The van der Waals surface area contributed by atoms with Crippen LogP contribution in [0.3, 0.4) is 0 Å². The van der Waals surface area contributed by atoms with Gasteiger partial charge in [-0.05, 0) is 44.2 Å². The Morgan fingerprint density at radius 3 is 2.57 bits per heavy atom. The molecular weight excluding hydrogens is 332 g/mol. The van der Waals surface area contributed by atoms with E-state index in [1.165, 1.54) is 0 Å². The Bertz CT molecular complexity index is 650. The predicted octanol–water partition coefficient (Wildman–Crippen LogP) is 4.48. The van der Waals surface area contributed by atoms with Crippen LogP contribution in [0.2, 0.25) is 0 Å². The van der Waals surface area contributed by atoms with E-state index in [0.29, 0.717) is 22.6 Å². The molecule has 0 N–H and O–H groups in total. The number of benzene rings is 2. The Labute approximate surface area is 133 Å². The summed E-state index contributed by atoms with van der Waals surface area (Å²) in [6, 6.07) is 12.6. The maximum atomic E-state index is 12.7. The first-order valence-electron chi connectivity index (χ1n) is 6.66. The molecule has 0 aliphatic heterocycles. The largest absolute Gasteiger partial charge is 0.496 e. The van der Waals surface area contributed by atoms with Crippen molar-refractivity contribution in [1.82, 2.24) is 0 Å². The number of methoxy groups -OCH3 is 1.